The van der Waals surface area contributed by atoms with Gasteiger partial charge < -0.3 is 9.64 Å². The molecule has 26 heavy (non-hydrogen) atoms. The minimum atomic E-state index is -0.329. The lowest BCUT2D eigenvalue weighted by Gasteiger charge is -2.31. The topological polar surface area (TPSA) is 88.2 Å². The summed E-state index contributed by atoms with van der Waals surface area (Å²) < 4.78 is 6.98. The molecular formula is C17H15ClN4O3S. The van der Waals surface area contributed by atoms with Crippen LogP contribution in [0.4, 0.5) is 0 Å². The maximum absolute atomic E-state index is 12.4. The van der Waals surface area contributed by atoms with Crippen LogP contribution < -0.4 is 10.3 Å². The highest BCUT2D eigenvalue weighted by atomic mass is 35.5. The molecule has 1 aliphatic heterocycles. The van der Waals surface area contributed by atoms with Crippen LogP contribution in [0.2, 0.25) is 5.02 Å². The van der Waals surface area contributed by atoms with Gasteiger partial charge >= 0.3 is 0 Å². The minimum Gasteiger partial charge on any atom is -0.467 e. The number of ether oxygens (including phenoxy) is 1. The molecule has 7 nitrogen and oxygen atoms in total. The summed E-state index contributed by atoms with van der Waals surface area (Å²) >= 11 is 7.62. The van der Waals surface area contributed by atoms with Gasteiger partial charge in [0, 0.05) is 32.0 Å². The maximum atomic E-state index is 12.4. The predicted octanol–water partition coefficient (Wildman–Crippen LogP) is 2.72. The summed E-state index contributed by atoms with van der Waals surface area (Å²) in [5, 5.41) is 7.29. The van der Waals surface area contributed by atoms with Crippen molar-refractivity contribution < 1.29 is 9.53 Å². The highest BCUT2D eigenvalue weighted by Gasteiger charge is 2.26. The number of fused-ring (bicyclic) bond motifs is 1. The molecule has 1 aromatic carbocycles. The summed E-state index contributed by atoms with van der Waals surface area (Å²) in [5.41, 5.74) is 0.667. The van der Waals surface area contributed by atoms with E-state index in [2.05, 4.69) is 15.2 Å². The number of rotatable bonds is 3. The van der Waals surface area contributed by atoms with Crippen molar-refractivity contribution in [2.24, 2.45) is 0 Å². The third kappa shape index (κ3) is 3.42. The predicted molar refractivity (Wildman–Crippen MR) is 99.0 cm³/mol. The Bertz CT molecular complexity index is 990. The number of aromatic amines is 1. The molecule has 9 heteroatoms. The van der Waals surface area contributed by atoms with Crippen LogP contribution in [0, 0.1) is 0 Å². The number of thiazole rings is 1. The quantitative estimate of drug-likeness (QED) is 0.742. The Morgan fingerprint density at radius 1 is 1.27 bits per heavy atom. The number of para-hydroxylation sites is 1. The lowest BCUT2D eigenvalue weighted by Crippen LogP contribution is -2.42. The van der Waals surface area contributed by atoms with E-state index in [0.717, 1.165) is 10.2 Å². The van der Waals surface area contributed by atoms with Gasteiger partial charge in [0.25, 0.3) is 16.7 Å². The van der Waals surface area contributed by atoms with Crippen LogP contribution in [0.5, 0.6) is 5.19 Å². The summed E-state index contributed by atoms with van der Waals surface area (Å²) in [6.45, 7) is 1.13. The molecule has 1 fully saturated rings. The molecule has 1 amide bonds. The number of H-pyrrole nitrogens is 1. The number of benzene rings is 1. The van der Waals surface area contributed by atoms with E-state index in [4.69, 9.17) is 16.3 Å². The van der Waals surface area contributed by atoms with Crippen LogP contribution in [-0.4, -0.2) is 45.2 Å². The molecule has 0 bridgehead atoms. The van der Waals surface area contributed by atoms with Gasteiger partial charge in [-0.15, -0.1) is 0 Å². The van der Waals surface area contributed by atoms with E-state index in [1.165, 1.54) is 23.5 Å². The molecule has 0 saturated carbocycles. The van der Waals surface area contributed by atoms with Crippen LogP contribution >= 0.6 is 22.9 Å². The van der Waals surface area contributed by atoms with Crippen LogP contribution in [0.25, 0.3) is 10.2 Å². The molecule has 0 unspecified atom stereocenters. The molecule has 0 spiro atoms. The zero-order chi connectivity index (χ0) is 18.1. The summed E-state index contributed by atoms with van der Waals surface area (Å²) in [4.78, 5) is 29.6. The van der Waals surface area contributed by atoms with E-state index < -0.39 is 0 Å². The molecule has 1 aliphatic rings. The second-order valence-corrected chi connectivity index (χ2v) is 7.38. The van der Waals surface area contributed by atoms with Gasteiger partial charge in [-0.25, -0.2) is 10.1 Å². The smallest absolute Gasteiger partial charge is 0.274 e. The Morgan fingerprint density at radius 3 is 2.77 bits per heavy atom. The normalized spacial score (nSPS) is 15.3. The Kier molecular flexibility index (Phi) is 4.60. The van der Waals surface area contributed by atoms with Gasteiger partial charge in [-0.2, -0.15) is 5.10 Å². The zero-order valence-electron chi connectivity index (χ0n) is 13.6. The second-order valence-electron chi connectivity index (χ2n) is 5.98. The van der Waals surface area contributed by atoms with Crippen LogP contribution in [0.1, 0.15) is 23.3 Å². The Balaban J connectivity index is 1.38. The average molecular weight is 391 g/mol. The fourth-order valence-corrected chi connectivity index (χ4v) is 4.07. The van der Waals surface area contributed by atoms with Crippen molar-refractivity contribution in [2.45, 2.75) is 18.9 Å². The van der Waals surface area contributed by atoms with E-state index in [0.29, 0.717) is 36.1 Å². The van der Waals surface area contributed by atoms with Crippen molar-refractivity contribution in [3.8, 4) is 5.19 Å². The summed E-state index contributed by atoms with van der Waals surface area (Å²) in [7, 11) is 0. The number of amides is 1. The number of piperidine rings is 1. The zero-order valence-corrected chi connectivity index (χ0v) is 15.2. The number of halogens is 1. The number of carbonyl (C=O) groups is 1. The summed E-state index contributed by atoms with van der Waals surface area (Å²) in [6.07, 6.45) is 1.42. The molecule has 0 aliphatic carbocycles. The van der Waals surface area contributed by atoms with E-state index in [-0.39, 0.29) is 23.3 Å². The second kappa shape index (κ2) is 7.05. The SMILES string of the molecule is O=C(c1ccc(=O)[nH]n1)N1CCC(Oc2nc3c(Cl)cccc3s2)CC1. The van der Waals surface area contributed by atoms with Crippen molar-refractivity contribution in [1.29, 1.82) is 0 Å². The lowest BCUT2D eigenvalue weighted by molar-refractivity contribution is 0.0589. The van der Waals surface area contributed by atoms with Gasteiger partial charge in [0.05, 0.1) is 9.72 Å². The third-order valence-corrected chi connectivity index (χ3v) is 5.46. The molecule has 134 valence electrons. The lowest BCUT2D eigenvalue weighted by atomic mass is 10.1. The third-order valence-electron chi connectivity index (χ3n) is 4.25. The van der Waals surface area contributed by atoms with E-state index in [1.807, 2.05) is 18.2 Å². The molecule has 4 rings (SSSR count). The molecule has 1 N–H and O–H groups in total. The first-order valence-corrected chi connectivity index (χ1v) is 9.36. The summed E-state index contributed by atoms with van der Waals surface area (Å²) in [6, 6.07) is 8.40. The first kappa shape index (κ1) is 17.0. The minimum absolute atomic E-state index is 0.00178. The highest BCUT2D eigenvalue weighted by Crippen LogP contribution is 2.33. The molecule has 3 heterocycles. The number of hydrogen-bond donors (Lipinski definition) is 1. The molecule has 0 radical (unpaired) electrons. The van der Waals surface area contributed by atoms with Gasteiger partial charge in [0.2, 0.25) is 0 Å². The number of carbonyl (C=O) groups excluding carboxylic acids is 1. The Labute approximate surface area is 157 Å². The first-order chi connectivity index (χ1) is 12.6. The van der Waals surface area contributed by atoms with Crippen LogP contribution in [-0.2, 0) is 0 Å². The van der Waals surface area contributed by atoms with E-state index >= 15 is 0 Å². The Hall–Kier alpha value is -2.45. The van der Waals surface area contributed by atoms with Gasteiger partial charge in [0.15, 0.2) is 0 Å². The van der Waals surface area contributed by atoms with E-state index in [9.17, 15) is 9.59 Å². The molecule has 2 aromatic heterocycles. The molecule has 0 atom stereocenters. The van der Waals surface area contributed by atoms with Gasteiger partial charge in [-0.05, 0) is 18.2 Å². The van der Waals surface area contributed by atoms with Crippen LogP contribution in [0.3, 0.4) is 0 Å². The van der Waals surface area contributed by atoms with Crippen LogP contribution in [0.15, 0.2) is 35.1 Å². The molecule has 3 aromatic rings. The van der Waals surface area contributed by atoms with E-state index in [1.54, 1.807) is 4.90 Å². The number of aromatic nitrogens is 3. The highest BCUT2D eigenvalue weighted by molar-refractivity contribution is 7.20. The molecule has 1 saturated heterocycles. The fraction of sp³-hybridized carbons (Fsp3) is 0.294. The monoisotopic (exact) mass is 390 g/mol. The van der Waals surface area contributed by atoms with Crippen molar-refractivity contribution in [3.05, 3.63) is 51.4 Å². The first-order valence-electron chi connectivity index (χ1n) is 8.17. The van der Waals surface area contributed by atoms with Crippen molar-refractivity contribution in [2.75, 3.05) is 13.1 Å². The van der Waals surface area contributed by atoms with Gasteiger partial charge in [-0.1, -0.05) is 29.0 Å². The number of likely N-dealkylation sites (tertiary alicyclic amines) is 1. The van der Waals surface area contributed by atoms with Crippen molar-refractivity contribution >= 4 is 39.1 Å². The average Bonchev–Trinajstić information content (AvgIpc) is 3.06. The molecular weight excluding hydrogens is 376 g/mol. The van der Waals surface area contributed by atoms with Crippen molar-refractivity contribution in [3.63, 3.8) is 0 Å². The van der Waals surface area contributed by atoms with Crippen molar-refractivity contribution in [1.82, 2.24) is 20.1 Å². The maximum Gasteiger partial charge on any atom is 0.274 e. The van der Waals surface area contributed by atoms with Gasteiger partial charge in [0.1, 0.15) is 17.3 Å². The number of nitrogens with zero attached hydrogens (tertiary/aromatic N) is 3. The Morgan fingerprint density at radius 2 is 2.08 bits per heavy atom. The largest absolute Gasteiger partial charge is 0.467 e. The van der Waals surface area contributed by atoms with Gasteiger partial charge in [-0.3, -0.25) is 9.59 Å². The number of nitrogens with one attached hydrogen (secondary N) is 1. The summed E-state index contributed by atoms with van der Waals surface area (Å²) in [5.74, 6) is -0.188. The number of hydrogen-bond acceptors (Lipinski definition) is 6. The fourth-order valence-electron chi connectivity index (χ4n) is 2.89. The standard InChI is InChI=1S/C17H15ClN4O3S/c18-11-2-1-3-13-15(11)19-17(26-13)25-10-6-8-22(9-7-10)16(24)12-4-5-14(23)21-20-12/h1-5,10H,6-9H2,(H,21,23).